The van der Waals surface area contributed by atoms with Crippen LogP contribution >= 0.6 is 0 Å². The molecule has 0 aliphatic carbocycles. The lowest BCUT2D eigenvalue weighted by Crippen LogP contribution is -2.40. The Kier molecular flexibility index (Phi) is 2.46. The number of fused-ring (bicyclic) bond motifs is 1. The largest absolute Gasteiger partial charge is 0.455 e. The van der Waals surface area contributed by atoms with Gasteiger partial charge in [-0.3, -0.25) is 0 Å². The second-order valence-corrected chi connectivity index (χ2v) is 4.17. The first-order valence-electron chi connectivity index (χ1n) is 4.79. The van der Waals surface area contributed by atoms with Crippen LogP contribution in [0.2, 0.25) is 0 Å². The zero-order chi connectivity index (χ0) is 11.2. The number of esters is 1. The molecule has 2 saturated heterocycles. The van der Waals surface area contributed by atoms with Crippen molar-refractivity contribution in [3.8, 4) is 0 Å². The molecule has 2 aliphatic rings. The van der Waals surface area contributed by atoms with Gasteiger partial charge in [0, 0.05) is 0 Å². The maximum Gasteiger partial charge on any atom is 0.338 e. The average Bonchev–Trinajstić information content (AvgIpc) is 2.61. The van der Waals surface area contributed by atoms with Crippen LogP contribution in [0.25, 0.3) is 0 Å². The van der Waals surface area contributed by atoms with Gasteiger partial charge >= 0.3 is 5.97 Å². The van der Waals surface area contributed by atoms with Gasteiger partial charge in [0.1, 0.15) is 12.2 Å². The van der Waals surface area contributed by atoms with E-state index in [0.29, 0.717) is 0 Å². The van der Waals surface area contributed by atoms with Crippen LogP contribution in [0.4, 0.5) is 0 Å². The van der Waals surface area contributed by atoms with Gasteiger partial charge in [-0.2, -0.15) is 0 Å². The highest BCUT2D eigenvalue weighted by Gasteiger charge is 2.57. The van der Waals surface area contributed by atoms with Crippen molar-refractivity contribution in [2.45, 2.75) is 44.1 Å². The van der Waals surface area contributed by atoms with Crippen molar-refractivity contribution in [2.75, 3.05) is 6.61 Å². The summed E-state index contributed by atoms with van der Waals surface area (Å²) >= 11 is 0. The number of aliphatic hydroxyl groups is 2. The lowest BCUT2D eigenvalue weighted by atomic mass is 10.1. The second-order valence-electron chi connectivity index (χ2n) is 4.17. The van der Waals surface area contributed by atoms with Gasteiger partial charge in [0.2, 0.25) is 0 Å². The first-order valence-corrected chi connectivity index (χ1v) is 4.79. The van der Waals surface area contributed by atoms with E-state index in [1.54, 1.807) is 13.8 Å². The van der Waals surface area contributed by atoms with Crippen LogP contribution in [0, 0.1) is 0 Å². The molecule has 0 saturated carbocycles. The van der Waals surface area contributed by atoms with Crippen molar-refractivity contribution in [1.29, 1.82) is 0 Å². The third-order valence-corrected chi connectivity index (χ3v) is 2.50. The number of carbonyl (C=O) groups excluding carboxylic acids is 1. The van der Waals surface area contributed by atoms with Gasteiger partial charge in [0.15, 0.2) is 18.0 Å². The molecule has 86 valence electrons. The number of hydrogen-bond donors (Lipinski definition) is 2. The molecule has 0 amide bonds. The van der Waals surface area contributed by atoms with Crippen LogP contribution in [-0.4, -0.2) is 53.0 Å². The Morgan fingerprint density at radius 3 is 2.73 bits per heavy atom. The minimum Gasteiger partial charge on any atom is -0.455 e. The fraction of sp³-hybridized carbons (Fsp3) is 0.889. The van der Waals surface area contributed by atoms with Gasteiger partial charge in [-0.25, -0.2) is 4.79 Å². The Hall–Kier alpha value is -0.690. The van der Waals surface area contributed by atoms with E-state index in [1.807, 2.05) is 0 Å². The van der Waals surface area contributed by atoms with Gasteiger partial charge in [-0.15, -0.1) is 0 Å². The fourth-order valence-corrected chi connectivity index (χ4v) is 1.88. The first-order chi connectivity index (χ1) is 6.94. The van der Waals surface area contributed by atoms with E-state index in [4.69, 9.17) is 19.3 Å². The van der Waals surface area contributed by atoms with Crippen molar-refractivity contribution in [3.63, 3.8) is 0 Å². The number of carbonyl (C=O) groups is 1. The van der Waals surface area contributed by atoms with Crippen molar-refractivity contribution in [1.82, 2.24) is 0 Å². The van der Waals surface area contributed by atoms with E-state index in [-0.39, 0.29) is 0 Å². The maximum absolute atomic E-state index is 11.4. The maximum atomic E-state index is 11.4. The topological polar surface area (TPSA) is 85.2 Å². The quantitative estimate of drug-likeness (QED) is 0.565. The number of hydrogen-bond acceptors (Lipinski definition) is 6. The predicted octanol–water partition coefficient (Wildman–Crippen LogP) is -1.21. The van der Waals surface area contributed by atoms with Gasteiger partial charge in [0.05, 0.1) is 6.61 Å². The number of ether oxygens (including phenoxy) is 3. The molecule has 0 aromatic carbocycles. The van der Waals surface area contributed by atoms with Crippen molar-refractivity contribution >= 4 is 5.97 Å². The summed E-state index contributed by atoms with van der Waals surface area (Å²) in [7, 11) is 0. The lowest BCUT2D eigenvalue weighted by molar-refractivity contribution is -0.195. The highest BCUT2D eigenvalue weighted by molar-refractivity contribution is 5.78. The molecule has 6 nitrogen and oxygen atoms in total. The van der Waals surface area contributed by atoms with E-state index in [9.17, 15) is 9.90 Å². The van der Waals surface area contributed by atoms with Crippen LogP contribution in [-0.2, 0) is 19.0 Å². The molecule has 0 radical (unpaired) electrons. The standard InChI is InChI=1S/C9H14O6/c1-9(2)14-6-5(4(11)3-10)13-8(12)7(6)15-9/h4-7,10-11H,3H2,1-2H3/t4-,5-,6+,7+/m1/s1. The number of cyclic esters (lactones) is 1. The minimum atomic E-state index is -1.14. The summed E-state index contributed by atoms with van der Waals surface area (Å²) < 4.78 is 15.6. The minimum absolute atomic E-state index is 0.481. The molecule has 0 bridgehead atoms. The average molecular weight is 218 g/mol. The van der Waals surface area contributed by atoms with E-state index in [0.717, 1.165) is 0 Å². The van der Waals surface area contributed by atoms with Crippen molar-refractivity contribution in [2.24, 2.45) is 0 Å². The molecule has 0 aromatic rings. The summed E-state index contributed by atoms with van der Waals surface area (Å²) in [6.07, 6.45) is -3.43. The number of aliphatic hydroxyl groups excluding tert-OH is 2. The van der Waals surface area contributed by atoms with E-state index < -0.39 is 42.8 Å². The molecule has 0 spiro atoms. The zero-order valence-electron chi connectivity index (χ0n) is 8.54. The van der Waals surface area contributed by atoms with Crippen LogP contribution in [0.5, 0.6) is 0 Å². The summed E-state index contributed by atoms with van der Waals surface area (Å²) in [5, 5.41) is 18.2. The molecule has 6 heteroatoms. The number of rotatable bonds is 2. The van der Waals surface area contributed by atoms with Crippen LogP contribution in [0.15, 0.2) is 0 Å². The Bertz CT molecular complexity index is 276. The molecular weight excluding hydrogens is 204 g/mol. The van der Waals surface area contributed by atoms with E-state index >= 15 is 0 Å². The van der Waals surface area contributed by atoms with Crippen molar-refractivity contribution < 1.29 is 29.2 Å². The van der Waals surface area contributed by atoms with Gasteiger partial charge in [-0.1, -0.05) is 0 Å². The Balaban J connectivity index is 2.16. The monoisotopic (exact) mass is 218 g/mol. The smallest absolute Gasteiger partial charge is 0.338 e. The third-order valence-electron chi connectivity index (χ3n) is 2.50. The van der Waals surface area contributed by atoms with Gasteiger partial charge < -0.3 is 24.4 Å². The normalized spacial score (nSPS) is 40.0. The van der Waals surface area contributed by atoms with Crippen LogP contribution in [0.3, 0.4) is 0 Å². The molecule has 2 fully saturated rings. The molecule has 2 rings (SSSR count). The zero-order valence-corrected chi connectivity index (χ0v) is 8.54. The molecule has 2 heterocycles. The van der Waals surface area contributed by atoms with Crippen molar-refractivity contribution in [3.05, 3.63) is 0 Å². The second kappa shape index (κ2) is 3.41. The Morgan fingerprint density at radius 2 is 2.13 bits per heavy atom. The summed E-state index contributed by atoms with van der Waals surface area (Å²) in [5.41, 5.74) is 0. The fourth-order valence-electron chi connectivity index (χ4n) is 1.88. The summed E-state index contributed by atoms with van der Waals surface area (Å²) in [5.74, 6) is -1.41. The SMILES string of the molecule is CC1(C)O[C@H]2[C@@H]([C@H](O)CO)OC(=O)[C@H]2O1. The first kappa shape index (κ1) is 10.8. The molecule has 4 atom stereocenters. The van der Waals surface area contributed by atoms with Crippen LogP contribution < -0.4 is 0 Å². The van der Waals surface area contributed by atoms with E-state index in [2.05, 4.69) is 0 Å². The Morgan fingerprint density at radius 1 is 1.47 bits per heavy atom. The van der Waals surface area contributed by atoms with Gasteiger partial charge in [-0.05, 0) is 13.8 Å². The molecule has 2 N–H and O–H groups in total. The highest BCUT2D eigenvalue weighted by Crippen LogP contribution is 2.36. The third kappa shape index (κ3) is 1.74. The lowest BCUT2D eigenvalue weighted by Gasteiger charge is -2.23. The molecular formula is C9H14O6. The molecule has 0 aromatic heterocycles. The molecule has 0 unspecified atom stereocenters. The Labute approximate surface area is 86.7 Å². The molecule has 2 aliphatic heterocycles. The van der Waals surface area contributed by atoms with Gasteiger partial charge in [0.25, 0.3) is 0 Å². The van der Waals surface area contributed by atoms with E-state index in [1.165, 1.54) is 0 Å². The summed E-state index contributed by atoms with van der Waals surface area (Å²) in [6.45, 7) is 2.88. The van der Waals surface area contributed by atoms with Crippen LogP contribution in [0.1, 0.15) is 13.8 Å². The predicted molar refractivity (Wildman–Crippen MR) is 46.8 cm³/mol. The summed E-state index contributed by atoms with van der Waals surface area (Å²) in [4.78, 5) is 11.4. The molecule has 15 heavy (non-hydrogen) atoms. The summed E-state index contributed by atoms with van der Waals surface area (Å²) in [6, 6.07) is 0. The highest BCUT2D eigenvalue weighted by atomic mass is 16.8.